The van der Waals surface area contributed by atoms with Crippen molar-refractivity contribution >= 4 is 5.97 Å². The monoisotopic (exact) mass is 176 g/mol. The highest BCUT2D eigenvalue weighted by Gasteiger charge is 2.55. The van der Waals surface area contributed by atoms with Gasteiger partial charge in [0.25, 0.3) is 0 Å². The Hall–Kier alpha value is -0.650. The highest BCUT2D eigenvalue weighted by Crippen LogP contribution is 2.35. The first kappa shape index (κ1) is 9.44. The van der Waals surface area contributed by atoms with Crippen molar-refractivity contribution in [2.45, 2.75) is 37.1 Å². The summed E-state index contributed by atoms with van der Waals surface area (Å²) in [5, 5.41) is 36.3. The third-order valence-electron chi connectivity index (χ3n) is 2.33. The molecular formula is C7H12O5. The van der Waals surface area contributed by atoms with E-state index in [-0.39, 0.29) is 12.8 Å². The molecule has 4 N–H and O–H groups in total. The number of aliphatic carboxylic acids is 1. The fourth-order valence-electron chi connectivity index (χ4n) is 1.44. The second-order valence-corrected chi connectivity index (χ2v) is 3.19. The minimum Gasteiger partial charge on any atom is -0.479 e. The number of rotatable bonds is 1. The van der Waals surface area contributed by atoms with E-state index in [0.717, 1.165) is 0 Å². The minimum atomic E-state index is -2.49. The van der Waals surface area contributed by atoms with Crippen molar-refractivity contribution in [3.05, 3.63) is 0 Å². The lowest BCUT2D eigenvalue weighted by molar-refractivity contribution is -0.286. The second kappa shape index (κ2) is 2.69. The van der Waals surface area contributed by atoms with Crippen molar-refractivity contribution < 1.29 is 25.2 Å². The van der Waals surface area contributed by atoms with Crippen LogP contribution < -0.4 is 0 Å². The topological polar surface area (TPSA) is 98.0 Å². The van der Waals surface area contributed by atoms with Gasteiger partial charge in [-0.3, -0.25) is 0 Å². The first-order valence-corrected chi connectivity index (χ1v) is 3.81. The van der Waals surface area contributed by atoms with Gasteiger partial charge < -0.3 is 20.4 Å². The van der Waals surface area contributed by atoms with Gasteiger partial charge in [-0.1, -0.05) is 0 Å². The first-order valence-electron chi connectivity index (χ1n) is 3.81. The summed E-state index contributed by atoms with van der Waals surface area (Å²) >= 11 is 0. The van der Waals surface area contributed by atoms with Gasteiger partial charge in [0, 0.05) is 6.42 Å². The van der Waals surface area contributed by atoms with Gasteiger partial charge in [-0.05, 0) is 19.3 Å². The summed E-state index contributed by atoms with van der Waals surface area (Å²) in [5.74, 6) is -4.07. The van der Waals surface area contributed by atoms with Crippen LogP contribution >= 0.6 is 0 Å². The van der Waals surface area contributed by atoms with Crippen molar-refractivity contribution in [3.8, 4) is 0 Å². The van der Waals surface area contributed by atoms with Crippen molar-refractivity contribution in [1.82, 2.24) is 0 Å². The molecule has 0 aromatic carbocycles. The molecule has 1 aliphatic rings. The summed E-state index contributed by atoms with van der Waals surface area (Å²) in [7, 11) is 0. The summed E-state index contributed by atoms with van der Waals surface area (Å²) < 4.78 is 0. The quantitative estimate of drug-likeness (QED) is 0.386. The standard InChI is InChI=1S/C7H12O5/c8-5(9)6(10)3-1-2-4-7(6,11)12/h10-12H,1-4H2,(H,8,9). The molecule has 0 saturated heterocycles. The smallest absolute Gasteiger partial charge is 0.341 e. The average Bonchev–Trinajstić information content (AvgIpc) is 1.95. The van der Waals surface area contributed by atoms with Crippen molar-refractivity contribution in [3.63, 3.8) is 0 Å². The highest BCUT2D eigenvalue weighted by molar-refractivity contribution is 5.78. The van der Waals surface area contributed by atoms with Crippen molar-refractivity contribution in [2.75, 3.05) is 0 Å². The van der Waals surface area contributed by atoms with E-state index >= 15 is 0 Å². The number of carbonyl (C=O) groups is 1. The molecule has 12 heavy (non-hydrogen) atoms. The Morgan fingerprint density at radius 2 is 1.58 bits per heavy atom. The molecule has 1 unspecified atom stereocenters. The Balaban J connectivity index is 2.91. The van der Waals surface area contributed by atoms with Crippen LogP contribution in [0.2, 0.25) is 0 Å². The summed E-state index contributed by atoms with van der Waals surface area (Å²) in [5.41, 5.74) is -2.40. The first-order chi connectivity index (χ1) is 5.40. The van der Waals surface area contributed by atoms with E-state index < -0.39 is 17.4 Å². The largest absolute Gasteiger partial charge is 0.479 e. The van der Waals surface area contributed by atoms with Gasteiger partial charge in [-0.2, -0.15) is 0 Å². The van der Waals surface area contributed by atoms with Crippen LogP contribution in [0.4, 0.5) is 0 Å². The summed E-state index contributed by atoms with van der Waals surface area (Å²) in [4.78, 5) is 10.5. The zero-order valence-corrected chi connectivity index (χ0v) is 6.53. The molecular weight excluding hydrogens is 164 g/mol. The maximum absolute atomic E-state index is 10.5. The van der Waals surface area contributed by atoms with Crippen LogP contribution in [-0.4, -0.2) is 37.8 Å². The van der Waals surface area contributed by atoms with Crippen molar-refractivity contribution in [2.24, 2.45) is 0 Å². The molecule has 0 aromatic heterocycles. The fraction of sp³-hybridized carbons (Fsp3) is 0.857. The molecule has 0 aromatic rings. The van der Waals surface area contributed by atoms with E-state index in [2.05, 4.69) is 0 Å². The third kappa shape index (κ3) is 1.20. The van der Waals surface area contributed by atoms with Crippen LogP contribution in [0.25, 0.3) is 0 Å². The normalized spacial score (nSPS) is 34.6. The SMILES string of the molecule is O=C(O)C1(O)CCCCC1(O)O. The molecule has 0 bridgehead atoms. The molecule has 1 atom stereocenters. The number of aliphatic hydroxyl groups is 3. The van der Waals surface area contributed by atoms with E-state index in [1.165, 1.54) is 0 Å². The van der Waals surface area contributed by atoms with Crippen LogP contribution in [0.5, 0.6) is 0 Å². The van der Waals surface area contributed by atoms with E-state index in [9.17, 15) is 20.1 Å². The van der Waals surface area contributed by atoms with Crippen LogP contribution in [-0.2, 0) is 4.79 Å². The third-order valence-corrected chi connectivity index (χ3v) is 2.33. The van der Waals surface area contributed by atoms with E-state index in [4.69, 9.17) is 5.11 Å². The zero-order valence-electron chi connectivity index (χ0n) is 6.53. The van der Waals surface area contributed by atoms with Crippen molar-refractivity contribution in [1.29, 1.82) is 0 Å². The lowest BCUT2D eigenvalue weighted by Crippen LogP contribution is -2.61. The molecule has 0 amide bonds. The molecule has 1 fully saturated rings. The molecule has 0 spiro atoms. The minimum absolute atomic E-state index is 0.101. The summed E-state index contributed by atoms with van der Waals surface area (Å²) in [6, 6.07) is 0. The second-order valence-electron chi connectivity index (χ2n) is 3.19. The molecule has 1 saturated carbocycles. The van der Waals surface area contributed by atoms with Gasteiger partial charge in [-0.15, -0.1) is 0 Å². The van der Waals surface area contributed by atoms with Gasteiger partial charge in [0.2, 0.25) is 11.4 Å². The number of hydrogen-bond acceptors (Lipinski definition) is 4. The van der Waals surface area contributed by atoms with E-state index in [1.54, 1.807) is 0 Å². The zero-order chi connectivity index (χ0) is 9.41. The molecule has 1 rings (SSSR count). The molecule has 0 aliphatic heterocycles. The van der Waals surface area contributed by atoms with E-state index in [1.807, 2.05) is 0 Å². The van der Waals surface area contributed by atoms with Crippen LogP contribution in [0.1, 0.15) is 25.7 Å². The molecule has 5 nitrogen and oxygen atoms in total. The van der Waals surface area contributed by atoms with Gasteiger partial charge >= 0.3 is 5.97 Å². The maximum Gasteiger partial charge on any atom is 0.341 e. The summed E-state index contributed by atoms with van der Waals surface area (Å²) in [6.45, 7) is 0. The lowest BCUT2D eigenvalue weighted by Gasteiger charge is -2.39. The van der Waals surface area contributed by atoms with Gasteiger partial charge in [0.05, 0.1) is 0 Å². The Morgan fingerprint density at radius 1 is 1.08 bits per heavy atom. The van der Waals surface area contributed by atoms with Crippen LogP contribution in [0, 0.1) is 0 Å². The predicted octanol–water partition coefficient (Wildman–Crippen LogP) is -0.943. The fourth-order valence-corrected chi connectivity index (χ4v) is 1.44. The van der Waals surface area contributed by atoms with Gasteiger partial charge in [0.15, 0.2) is 0 Å². The Bertz CT molecular complexity index is 200. The van der Waals surface area contributed by atoms with E-state index in [0.29, 0.717) is 12.8 Å². The van der Waals surface area contributed by atoms with Crippen LogP contribution in [0.15, 0.2) is 0 Å². The van der Waals surface area contributed by atoms with Crippen LogP contribution in [0.3, 0.4) is 0 Å². The number of carboxylic acids is 1. The highest BCUT2D eigenvalue weighted by atomic mass is 16.5. The average molecular weight is 176 g/mol. The number of hydrogen-bond donors (Lipinski definition) is 4. The lowest BCUT2D eigenvalue weighted by atomic mass is 9.79. The molecule has 70 valence electrons. The Morgan fingerprint density at radius 3 is 1.92 bits per heavy atom. The molecule has 0 radical (unpaired) electrons. The Labute approximate surface area is 69.3 Å². The molecule has 0 heterocycles. The maximum atomic E-state index is 10.5. The molecule has 5 heteroatoms. The predicted molar refractivity (Wildman–Crippen MR) is 38.2 cm³/mol. The van der Waals surface area contributed by atoms with Gasteiger partial charge in [-0.25, -0.2) is 4.79 Å². The number of carboxylic acid groups (broad SMARTS) is 1. The molecule has 1 aliphatic carbocycles. The van der Waals surface area contributed by atoms with Gasteiger partial charge in [0.1, 0.15) is 0 Å². The Kier molecular flexibility index (Phi) is 2.11. The summed E-state index contributed by atoms with van der Waals surface area (Å²) in [6.07, 6.45) is 0.791.